The van der Waals surface area contributed by atoms with Gasteiger partial charge < -0.3 is 10.6 Å². The summed E-state index contributed by atoms with van der Waals surface area (Å²) >= 11 is 5.20. The molecule has 0 aliphatic carbocycles. The summed E-state index contributed by atoms with van der Waals surface area (Å²) in [5.41, 5.74) is 0.996. The number of hydrogen-bond donors (Lipinski definition) is 2. The molecule has 3 nitrogen and oxygen atoms in total. The Hall–Kier alpha value is -1.16. The molecule has 1 heterocycles. The second kappa shape index (κ2) is 6.43. The van der Waals surface area contributed by atoms with Crippen LogP contribution >= 0.6 is 12.2 Å². The Labute approximate surface area is 103 Å². The number of aromatic nitrogens is 1. The quantitative estimate of drug-likeness (QED) is 0.788. The van der Waals surface area contributed by atoms with E-state index in [-0.39, 0.29) is 6.04 Å². The van der Waals surface area contributed by atoms with Crippen LogP contribution < -0.4 is 10.6 Å². The molecule has 0 aliphatic rings. The third kappa shape index (κ3) is 4.57. The van der Waals surface area contributed by atoms with Gasteiger partial charge in [-0.05, 0) is 37.2 Å². The Morgan fingerprint density at radius 2 is 2.12 bits per heavy atom. The molecule has 1 unspecified atom stereocenters. The number of nitrogens with one attached hydrogen (secondary N) is 2. The van der Waals surface area contributed by atoms with E-state index < -0.39 is 0 Å². The Balaban J connectivity index is 2.40. The van der Waals surface area contributed by atoms with Crippen molar-refractivity contribution in [2.45, 2.75) is 26.8 Å². The Morgan fingerprint density at radius 3 is 2.69 bits per heavy atom. The third-order valence-electron chi connectivity index (χ3n) is 2.15. The molecule has 4 heteroatoms. The molecule has 0 aromatic carbocycles. The van der Waals surface area contributed by atoms with Gasteiger partial charge in [0.15, 0.2) is 5.11 Å². The third-order valence-corrected chi connectivity index (χ3v) is 2.41. The van der Waals surface area contributed by atoms with Gasteiger partial charge >= 0.3 is 0 Å². The zero-order valence-electron chi connectivity index (χ0n) is 10.0. The molecule has 0 aliphatic heterocycles. The fourth-order valence-corrected chi connectivity index (χ4v) is 1.51. The van der Waals surface area contributed by atoms with E-state index in [1.54, 1.807) is 6.20 Å². The van der Waals surface area contributed by atoms with Gasteiger partial charge in [-0.25, -0.2) is 0 Å². The van der Waals surface area contributed by atoms with Crippen LogP contribution in [0.3, 0.4) is 0 Å². The van der Waals surface area contributed by atoms with Crippen molar-refractivity contribution in [1.82, 2.24) is 15.6 Å². The monoisotopic (exact) mass is 237 g/mol. The van der Waals surface area contributed by atoms with E-state index in [0.29, 0.717) is 11.0 Å². The normalized spacial score (nSPS) is 12.2. The summed E-state index contributed by atoms with van der Waals surface area (Å²) in [6, 6.07) is 6.01. The molecule has 0 bridgehead atoms. The number of nitrogens with zero attached hydrogens (tertiary/aromatic N) is 1. The minimum Gasteiger partial charge on any atom is -0.362 e. The molecule has 16 heavy (non-hydrogen) atoms. The van der Waals surface area contributed by atoms with E-state index in [9.17, 15) is 0 Å². The molecular formula is C12H19N3S. The van der Waals surface area contributed by atoms with Crippen LogP contribution in [0.4, 0.5) is 0 Å². The van der Waals surface area contributed by atoms with Gasteiger partial charge in [0, 0.05) is 12.7 Å². The van der Waals surface area contributed by atoms with Crippen molar-refractivity contribution in [1.29, 1.82) is 0 Å². The van der Waals surface area contributed by atoms with Gasteiger partial charge in [0.2, 0.25) is 0 Å². The standard InChI is InChI=1S/C12H19N3S/c1-9(2)8-14-12(16)15-10(3)11-6-4-5-7-13-11/h4-7,9-10H,8H2,1-3H3,(H2,14,15,16). The van der Waals surface area contributed by atoms with Gasteiger partial charge in [0.25, 0.3) is 0 Å². The molecule has 0 amide bonds. The van der Waals surface area contributed by atoms with Crippen LogP contribution in [0.25, 0.3) is 0 Å². The minimum atomic E-state index is 0.133. The first-order chi connectivity index (χ1) is 7.59. The predicted molar refractivity (Wildman–Crippen MR) is 71.2 cm³/mol. The van der Waals surface area contributed by atoms with Crippen molar-refractivity contribution in [3.05, 3.63) is 30.1 Å². The smallest absolute Gasteiger partial charge is 0.166 e. The number of thiocarbonyl (C=S) groups is 1. The van der Waals surface area contributed by atoms with E-state index in [4.69, 9.17) is 12.2 Å². The molecule has 88 valence electrons. The summed E-state index contributed by atoms with van der Waals surface area (Å²) in [7, 11) is 0. The second-order valence-corrected chi connectivity index (χ2v) is 4.63. The van der Waals surface area contributed by atoms with E-state index in [0.717, 1.165) is 12.2 Å². The first-order valence-corrected chi connectivity index (χ1v) is 5.95. The van der Waals surface area contributed by atoms with E-state index in [2.05, 4.69) is 29.5 Å². The lowest BCUT2D eigenvalue weighted by atomic mass is 10.2. The Kier molecular flexibility index (Phi) is 5.19. The molecule has 0 saturated heterocycles. The molecular weight excluding hydrogens is 218 g/mol. The fourth-order valence-electron chi connectivity index (χ4n) is 1.25. The van der Waals surface area contributed by atoms with Crippen LogP contribution in [-0.2, 0) is 0 Å². The summed E-state index contributed by atoms with van der Waals surface area (Å²) in [6.45, 7) is 7.24. The average molecular weight is 237 g/mol. The lowest BCUT2D eigenvalue weighted by Gasteiger charge is -2.17. The van der Waals surface area contributed by atoms with Crippen LogP contribution in [0, 0.1) is 5.92 Å². The van der Waals surface area contributed by atoms with Gasteiger partial charge in [-0.1, -0.05) is 19.9 Å². The zero-order valence-corrected chi connectivity index (χ0v) is 10.8. The van der Waals surface area contributed by atoms with Crippen LogP contribution in [0.1, 0.15) is 32.5 Å². The van der Waals surface area contributed by atoms with Crippen LogP contribution in [0.2, 0.25) is 0 Å². The van der Waals surface area contributed by atoms with Gasteiger partial charge in [-0.3, -0.25) is 4.98 Å². The highest BCUT2D eigenvalue weighted by molar-refractivity contribution is 7.80. The van der Waals surface area contributed by atoms with Crippen LogP contribution in [0.15, 0.2) is 24.4 Å². The molecule has 0 radical (unpaired) electrons. The topological polar surface area (TPSA) is 37.0 Å². The minimum absolute atomic E-state index is 0.133. The largest absolute Gasteiger partial charge is 0.362 e. The maximum absolute atomic E-state index is 5.20. The first kappa shape index (κ1) is 12.9. The summed E-state index contributed by atoms with van der Waals surface area (Å²) in [5, 5.41) is 7.07. The number of pyridine rings is 1. The van der Waals surface area contributed by atoms with Crippen LogP contribution in [-0.4, -0.2) is 16.6 Å². The van der Waals surface area contributed by atoms with E-state index in [1.807, 2.05) is 25.1 Å². The van der Waals surface area contributed by atoms with Crippen molar-refractivity contribution in [3.8, 4) is 0 Å². The first-order valence-electron chi connectivity index (χ1n) is 5.55. The highest BCUT2D eigenvalue weighted by Gasteiger charge is 2.07. The maximum atomic E-state index is 5.20. The van der Waals surface area contributed by atoms with E-state index in [1.165, 1.54) is 0 Å². The SMILES string of the molecule is CC(C)CNC(=S)NC(C)c1ccccn1. The molecule has 1 aromatic heterocycles. The molecule has 0 spiro atoms. The van der Waals surface area contributed by atoms with Gasteiger partial charge in [0.1, 0.15) is 0 Å². The summed E-state index contributed by atoms with van der Waals surface area (Å²) in [5.74, 6) is 0.588. The molecule has 1 aromatic rings. The number of rotatable bonds is 4. The van der Waals surface area contributed by atoms with Crippen molar-refractivity contribution in [2.75, 3.05) is 6.54 Å². The highest BCUT2D eigenvalue weighted by atomic mass is 32.1. The van der Waals surface area contributed by atoms with Gasteiger partial charge in [-0.2, -0.15) is 0 Å². The van der Waals surface area contributed by atoms with Crippen molar-refractivity contribution < 1.29 is 0 Å². The number of hydrogen-bond acceptors (Lipinski definition) is 2. The predicted octanol–water partition coefficient (Wildman–Crippen LogP) is 2.26. The van der Waals surface area contributed by atoms with Crippen LogP contribution in [0.5, 0.6) is 0 Å². The van der Waals surface area contributed by atoms with Crippen molar-refractivity contribution >= 4 is 17.3 Å². The molecule has 2 N–H and O–H groups in total. The van der Waals surface area contributed by atoms with Crippen molar-refractivity contribution in [2.24, 2.45) is 5.92 Å². The summed E-state index contributed by atoms with van der Waals surface area (Å²) < 4.78 is 0. The molecule has 1 atom stereocenters. The highest BCUT2D eigenvalue weighted by Crippen LogP contribution is 2.07. The molecule has 0 fully saturated rings. The zero-order chi connectivity index (χ0) is 12.0. The average Bonchev–Trinajstić information content (AvgIpc) is 2.27. The second-order valence-electron chi connectivity index (χ2n) is 4.22. The Bertz CT molecular complexity index is 324. The summed E-state index contributed by atoms with van der Waals surface area (Å²) in [6.07, 6.45) is 1.79. The van der Waals surface area contributed by atoms with Gasteiger partial charge in [0.05, 0.1) is 11.7 Å². The van der Waals surface area contributed by atoms with Crippen molar-refractivity contribution in [3.63, 3.8) is 0 Å². The maximum Gasteiger partial charge on any atom is 0.166 e. The van der Waals surface area contributed by atoms with E-state index >= 15 is 0 Å². The Morgan fingerprint density at radius 1 is 1.38 bits per heavy atom. The molecule has 1 rings (SSSR count). The fraction of sp³-hybridized carbons (Fsp3) is 0.500. The lowest BCUT2D eigenvalue weighted by molar-refractivity contribution is 0.606. The van der Waals surface area contributed by atoms with Gasteiger partial charge in [-0.15, -0.1) is 0 Å². The molecule has 0 saturated carbocycles. The lowest BCUT2D eigenvalue weighted by Crippen LogP contribution is -2.38. The summed E-state index contributed by atoms with van der Waals surface area (Å²) in [4.78, 5) is 4.28.